The van der Waals surface area contributed by atoms with Crippen molar-refractivity contribution < 1.29 is 4.84 Å². The van der Waals surface area contributed by atoms with Gasteiger partial charge in [-0.3, -0.25) is 0 Å². The number of nitrogens with zero attached hydrogens (tertiary/aromatic N) is 1. The molecule has 3 heteroatoms. The minimum atomic E-state index is 0.00408. The fourth-order valence-electron chi connectivity index (χ4n) is 2.95. The molecule has 17 heavy (non-hydrogen) atoms. The summed E-state index contributed by atoms with van der Waals surface area (Å²) in [6, 6.07) is 10.8. The molecule has 0 aromatic heterocycles. The van der Waals surface area contributed by atoms with E-state index >= 15 is 0 Å². The number of benzene rings is 1. The van der Waals surface area contributed by atoms with Crippen molar-refractivity contribution in [1.29, 1.82) is 0 Å². The van der Waals surface area contributed by atoms with E-state index in [2.05, 4.69) is 51.4 Å². The molecule has 0 radical (unpaired) electrons. The lowest BCUT2D eigenvalue weighted by Gasteiger charge is -2.34. The Morgan fingerprint density at radius 2 is 1.88 bits per heavy atom. The second-order valence-electron chi connectivity index (χ2n) is 5.10. The fraction of sp³-hybridized carbons (Fsp3) is 0.500. The van der Waals surface area contributed by atoms with Crippen LogP contribution in [-0.2, 0) is 4.84 Å². The minimum Gasteiger partial charge on any atom is -0.388 e. The number of hydrogen-bond donors (Lipinski definition) is 0. The molecule has 2 nitrogen and oxygen atoms in total. The Hall–Kier alpha value is -0.830. The fourth-order valence-corrected chi connectivity index (χ4v) is 3.53. The van der Waals surface area contributed by atoms with Gasteiger partial charge in [0.15, 0.2) is 0 Å². The maximum absolute atomic E-state index is 5.62. The van der Waals surface area contributed by atoms with Crippen LogP contribution in [-0.4, -0.2) is 10.2 Å². The lowest BCUT2D eigenvalue weighted by molar-refractivity contribution is -0.0483. The Balaban J connectivity index is 1.65. The third kappa shape index (κ3) is 2.25. The van der Waals surface area contributed by atoms with E-state index < -0.39 is 0 Å². The predicted molar refractivity (Wildman–Crippen MR) is 72.4 cm³/mol. The van der Waals surface area contributed by atoms with Crippen molar-refractivity contribution in [3.05, 3.63) is 35.9 Å². The first kappa shape index (κ1) is 11.3. The van der Waals surface area contributed by atoms with Crippen molar-refractivity contribution in [2.24, 2.45) is 5.16 Å². The molecule has 1 heterocycles. The van der Waals surface area contributed by atoms with Crippen molar-refractivity contribution in [2.45, 2.75) is 43.6 Å². The van der Waals surface area contributed by atoms with Crippen LogP contribution < -0.4 is 0 Å². The van der Waals surface area contributed by atoms with E-state index in [4.69, 9.17) is 4.84 Å². The summed E-state index contributed by atoms with van der Waals surface area (Å²) in [6.45, 7) is 0. The predicted octanol–water partition coefficient (Wildman–Crippen LogP) is 4.21. The first-order valence-corrected chi connectivity index (χ1v) is 7.02. The van der Waals surface area contributed by atoms with E-state index in [1.807, 2.05) is 0 Å². The number of hydrogen-bond acceptors (Lipinski definition) is 2. The average Bonchev–Trinajstić information content (AvgIpc) is 2.73. The quantitative estimate of drug-likeness (QED) is 0.760. The van der Waals surface area contributed by atoms with Crippen molar-refractivity contribution in [1.82, 2.24) is 0 Å². The number of oxime groups is 1. The summed E-state index contributed by atoms with van der Waals surface area (Å²) in [5, 5.41) is 4.04. The summed E-state index contributed by atoms with van der Waals surface area (Å²) < 4.78 is 0.968. The highest BCUT2D eigenvalue weighted by Crippen LogP contribution is 2.44. The summed E-state index contributed by atoms with van der Waals surface area (Å²) in [5.74, 6) is 0.699. The third-order valence-electron chi connectivity index (χ3n) is 3.97. The summed E-state index contributed by atoms with van der Waals surface area (Å²) in [4.78, 5) is 5.62. The summed E-state index contributed by atoms with van der Waals surface area (Å²) in [5.41, 5.74) is 1.48. The van der Waals surface area contributed by atoms with Gasteiger partial charge in [0.05, 0.1) is 0 Å². The van der Waals surface area contributed by atoms with E-state index in [1.54, 1.807) is 0 Å². The topological polar surface area (TPSA) is 21.6 Å². The molecule has 90 valence electrons. The first-order chi connectivity index (χ1) is 8.27. The van der Waals surface area contributed by atoms with Crippen LogP contribution in [0.25, 0.3) is 0 Å². The molecule has 1 aromatic rings. The first-order valence-electron chi connectivity index (χ1n) is 6.23. The summed E-state index contributed by atoms with van der Waals surface area (Å²) in [7, 11) is 0. The molecule has 0 N–H and O–H groups in total. The zero-order valence-corrected chi connectivity index (χ0v) is 11.3. The maximum atomic E-state index is 5.62. The van der Waals surface area contributed by atoms with E-state index in [0.29, 0.717) is 5.92 Å². The lowest BCUT2D eigenvalue weighted by Crippen LogP contribution is -2.33. The van der Waals surface area contributed by atoms with Crippen LogP contribution in [0.3, 0.4) is 0 Å². The lowest BCUT2D eigenvalue weighted by atomic mass is 9.75. The van der Waals surface area contributed by atoms with E-state index in [1.165, 1.54) is 18.4 Å². The van der Waals surface area contributed by atoms with E-state index in [9.17, 15) is 0 Å². The Morgan fingerprint density at radius 3 is 2.47 bits per heavy atom. The van der Waals surface area contributed by atoms with Gasteiger partial charge in [-0.05, 0) is 53.1 Å². The molecule has 0 saturated heterocycles. The molecule has 1 saturated carbocycles. The molecular weight excluding hydrogens is 278 g/mol. The molecule has 0 amide bonds. The van der Waals surface area contributed by atoms with Gasteiger partial charge in [-0.2, -0.15) is 0 Å². The Bertz CT molecular complexity index is 421. The van der Waals surface area contributed by atoms with Gasteiger partial charge < -0.3 is 4.84 Å². The zero-order chi connectivity index (χ0) is 11.7. The standard InChI is InChI=1S/C14H16BrNO/c15-13-10-14(17-16-13)8-6-12(7-9-14)11-4-2-1-3-5-11/h1-5,12H,6-10H2. The second kappa shape index (κ2) is 4.45. The molecule has 0 bridgehead atoms. The van der Waals surface area contributed by atoms with Gasteiger partial charge in [-0.1, -0.05) is 35.5 Å². The molecule has 1 aromatic carbocycles. The molecule has 1 aliphatic heterocycles. The average molecular weight is 294 g/mol. The van der Waals surface area contributed by atoms with Gasteiger partial charge >= 0.3 is 0 Å². The van der Waals surface area contributed by atoms with Crippen LogP contribution in [0, 0.1) is 0 Å². The highest BCUT2D eigenvalue weighted by molar-refractivity contribution is 9.18. The zero-order valence-electron chi connectivity index (χ0n) is 9.73. The van der Waals surface area contributed by atoms with Gasteiger partial charge in [0.1, 0.15) is 10.2 Å². The van der Waals surface area contributed by atoms with Crippen molar-refractivity contribution in [3.63, 3.8) is 0 Å². The van der Waals surface area contributed by atoms with Gasteiger partial charge in [0.25, 0.3) is 0 Å². The van der Waals surface area contributed by atoms with Crippen LogP contribution in [0.5, 0.6) is 0 Å². The van der Waals surface area contributed by atoms with Crippen molar-refractivity contribution in [3.8, 4) is 0 Å². The summed E-state index contributed by atoms with van der Waals surface area (Å²) in [6.07, 6.45) is 5.60. The van der Waals surface area contributed by atoms with Crippen LogP contribution in [0.15, 0.2) is 35.5 Å². The third-order valence-corrected chi connectivity index (χ3v) is 4.40. The Labute approximate surface area is 110 Å². The SMILES string of the molecule is BrC1=NOC2(CCC(c3ccccc3)CC2)C1. The number of halogens is 1. The maximum Gasteiger partial charge on any atom is 0.144 e. The van der Waals surface area contributed by atoms with Crippen LogP contribution >= 0.6 is 15.9 Å². The minimum absolute atomic E-state index is 0.00408. The highest BCUT2D eigenvalue weighted by Gasteiger charge is 2.42. The van der Waals surface area contributed by atoms with E-state index in [0.717, 1.165) is 23.9 Å². The second-order valence-corrected chi connectivity index (χ2v) is 6.02. The van der Waals surface area contributed by atoms with Crippen LogP contribution in [0.1, 0.15) is 43.6 Å². The van der Waals surface area contributed by atoms with Crippen LogP contribution in [0.4, 0.5) is 0 Å². The molecule has 3 rings (SSSR count). The summed E-state index contributed by atoms with van der Waals surface area (Å²) >= 11 is 3.43. The normalized spacial score (nSPS) is 32.3. The highest BCUT2D eigenvalue weighted by atomic mass is 79.9. The van der Waals surface area contributed by atoms with Gasteiger partial charge in [0, 0.05) is 6.42 Å². The molecule has 2 aliphatic rings. The van der Waals surface area contributed by atoms with Crippen molar-refractivity contribution >= 4 is 20.6 Å². The largest absolute Gasteiger partial charge is 0.388 e. The monoisotopic (exact) mass is 293 g/mol. The Morgan fingerprint density at radius 1 is 1.18 bits per heavy atom. The van der Waals surface area contributed by atoms with Gasteiger partial charge in [0.2, 0.25) is 0 Å². The van der Waals surface area contributed by atoms with E-state index in [-0.39, 0.29) is 5.60 Å². The molecule has 1 aliphatic carbocycles. The molecule has 0 unspecified atom stereocenters. The van der Waals surface area contributed by atoms with Crippen molar-refractivity contribution in [2.75, 3.05) is 0 Å². The van der Waals surface area contributed by atoms with Gasteiger partial charge in [-0.15, -0.1) is 0 Å². The number of rotatable bonds is 1. The van der Waals surface area contributed by atoms with Gasteiger partial charge in [-0.25, -0.2) is 0 Å². The molecular formula is C14H16BrNO. The molecule has 1 spiro atoms. The molecule has 1 fully saturated rings. The Kier molecular flexibility index (Phi) is 2.95. The van der Waals surface area contributed by atoms with Crippen LogP contribution in [0.2, 0.25) is 0 Å². The smallest absolute Gasteiger partial charge is 0.144 e. The molecule has 0 atom stereocenters.